The second kappa shape index (κ2) is 6.04. The van der Waals surface area contributed by atoms with Gasteiger partial charge in [0.05, 0.1) is 0 Å². The first-order valence-corrected chi connectivity index (χ1v) is 6.74. The molecule has 0 radical (unpaired) electrons. The molecule has 0 aliphatic heterocycles. The molecule has 0 saturated carbocycles. The zero-order valence-corrected chi connectivity index (χ0v) is 12.4. The molecule has 19 heavy (non-hydrogen) atoms. The summed E-state index contributed by atoms with van der Waals surface area (Å²) in [7, 11) is 0. The summed E-state index contributed by atoms with van der Waals surface area (Å²) in [6.07, 6.45) is 0. The van der Waals surface area contributed by atoms with Gasteiger partial charge in [0, 0.05) is 16.4 Å². The van der Waals surface area contributed by atoms with Crippen LogP contribution >= 0.6 is 23.8 Å². The summed E-state index contributed by atoms with van der Waals surface area (Å²) < 4.78 is 0. The van der Waals surface area contributed by atoms with Crippen molar-refractivity contribution in [1.29, 1.82) is 0 Å². The highest BCUT2D eigenvalue weighted by Crippen LogP contribution is 2.23. The highest BCUT2D eigenvalue weighted by Gasteiger charge is 2.04. The molecule has 0 amide bonds. The molecule has 0 aromatic heterocycles. The van der Waals surface area contributed by atoms with Crippen molar-refractivity contribution in [2.45, 2.75) is 13.8 Å². The van der Waals surface area contributed by atoms with Gasteiger partial charge in [0.1, 0.15) is 0 Å². The van der Waals surface area contributed by atoms with Crippen LogP contribution in [0.15, 0.2) is 42.5 Å². The van der Waals surface area contributed by atoms with E-state index in [1.54, 1.807) is 0 Å². The topological polar surface area (TPSA) is 24.1 Å². The van der Waals surface area contributed by atoms with Crippen LogP contribution in [0.4, 0.5) is 11.4 Å². The molecule has 2 aromatic rings. The predicted octanol–water partition coefficient (Wildman–Crippen LogP) is 4.77. The van der Waals surface area contributed by atoms with Crippen molar-refractivity contribution in [3.05, 3.63) is 58.6 Å². The Morgan fingerprint density at radius 2 is 1.68 bits per heavy atom. The lowest BCUT2D eigenvalue weighted by Gasteiger charge is -2.13. The maximum Gasteiger partial charge on any atom is 0.175 e. The first-order chi connectivity index (χ1) is 9.06. The molecule has 98 valence electrons. The smallest absolute Gasteiger partial charge is 0.175 e. The Labute approximate surface area is 123 Å². The van der Waals surface area contributed by atoms with E-state index in [0.29, 0.717) is 5.11 Å². The molecular weight excluding hydrogens is 276 g/mol. The van der Waals surface area contributed by atoms with E-state index >= 15 is 0 Å². The van der Waals surface area contributed by atoms with Crippen LogP contribution in [-0.2, 0) is 0 Å². The van der Waals surface area contributed by atoms with Gasteiger partial charge < -0.3 is 10.6 Å². The number of nitrogens with one attached hydrogen (secondary N) is 2. The van der Waals surface area contributed by atoms with Crippen LogP contribution in [-0.4, -0.2) is 5.11 Å². The minimum absolute atomic E-state index is 0.550. The molecule has 0 atom stereocenters. The molecule has 0 saturated heterocycles. The molecule has 0 bridgehead atoms. The average Bonchev–Trinajstić information content (AvgIpc) is 2.38. The minimum atomic E-state index is 0.550. The zero-order valence-electron chi connectivity index (χ0n) is 10.8. The number of hydrogen-bond donors (Lipinski definition) is 2. The third-order valence-electron chi connectivity index (χ3n) is 2.83. The Morgan fingerprint density at radius 1 is 1.00 bits per heavy atom. The van der Waals surface area contributed by atoms with Gasteiger partial charge in [-0.3, -0.25) is 0 Å². The number of halogens is 1. The number of benzene rings is 2. The largest absolute Gasteiger partial charge is 0.332 e. The van der Waals surface area contributed by atoms with Gasteiger partial charge >= 0.3 is 0 Å². The number of thiocarbonyl (C=S) groups is 1. The Kier molecular flexibility index (Phi) is 4.40. The monoisotopic (exact) mass is 290 g/mol. The summed E-state index contributed by atoms with van der Waals surface area (Å²) in [6, 6.07) is 13.8. The third-order valence-corrected chi connectivity index (χ3v) is 3.44. The second-order valence-electron chi connectivity index (χ2n) is 4.36. The first-order valence-electron chi connectivity index (χ1n) is 5.96. The Balaban J connectivity index is 2.05. The molecule has 2 N–H and O–H groups in total. The summed E-state index contributed by atoms with van der Waals surface area (Å²) in [5.74, 6) is 0. The maximum absolute atomic E-state index is 6.07. The molecular formula is C15H15ClN2S. The van der Waals surface area contributed by atoms with Crippen LogP contribution < -0.4 is 10.6 Å². The van der Waals surface area contributed by atoms with E-state index in [2.05, 4.69) is 17.6 Å². The highest BCUT2D eigenvalue weighted by molar-refractivity contribution is 7.80. The van der Waals surface area contributed by atoms with E-state index in [0.717, 1.165) is 22.0 Å². The lowest BCUT2D eigenvalue weighted by Crippen LogP contribution is -2.19. The fraction of sp³-hybridized carbons (Fsp3) is 0.133. The predicted molar refractivity (Wildman–Crippen MR) is 87.2 cm³/mol. The molecule has 0 spiro atoms. The molecule has 4 heteroatoms. The number of aryl methyl sites for hydroxylation is 1. The van der Waals surface area contributed by atoms with Crippen molar-refractivity contribution in [2.75, 3.05) is 10.6 Å². The second-order valence-corrected chi connectivity index (χ2v) is 5.17. The van der Waals surface area contributed by atoms with Crippen molar-refractivity contribution in [1.82, 2.24) is 0 Å². The lowest BCUT2D eigenvalue weighted by atomic mass is 10.2. The lowest BCUT2D eigenvalue weighted by molar-refractivity contribution is 1.45. The van der Waals surface area contributed by atoms with Crippen molar-refractivity contribution >= 4 is 40.3 Å². The highest BCUT2D eigenvalue weighted by atomic mass is 35.5. The fourth-order valence-electron chi connectivity index (χ4n) is 1.66. The number of rotatable bonds is 2. The van der Waals surface area contributed by atoms with Crippen molar-refractivity contribution in [2.24, 2.45) is 0 Å². The number of anilines is 2. The van der Waals surface area contributed by atoms with Crippen LogP contribution in [0.2, 0.25) is 5.02 Å². The van der Waals surface area contributed by atoms with Gasteiger partial charge in [-0.25, -0.2) is 0 Å². The molecule has 0 heterocycles. The minimum Gasteiger partial charge on any atom is -0.332 e. The third kappa shape index (κ3) is 3.69. The van der Waals surface area contributed by atoms with Gasteiger partial charge in [0.15, 0.2) is 5.11 Å². The van der Waals surface area contributed by atoms with Crippen molar-refractivity contribution < 1.29 is 0 Å². The normalized spacial score (nSPS) is 10.1. The van der Waals surface area contributed by atoms with Gasteiger partial charge in [0.2, 0.25) is 0 Å². The van der Waals surface area contributed by atoms with Crippen molar-refractivity contribution in [3.8, 4) is 0 Å². The van der Waals surface area contributed by atoms with Crippen LogP contribution in [0, 0.1) is 13.8 Å². The molecule has 0 aliphatic rings. The molecule has 0 unspecified atom stereocenters. The number of hydrogen-bond acceptors (Lipinski definition) is 1. The summed E-state index contributed by atoms with van der Waals surface area (Å²) in [6.45, 7) is 4.01. The van der Waals surface area contributed by atoms with Crippen LogP contribution in [0.25, 0.3) is 0 Å². The Bertz CT molecular complexity index is 594. The average molecular weight is 291 g/mol. The fourth-order valence-corrected chi connectivity index (χ4v) is 2.07. The maximum atomic E-state index is 6.07. The summed E-state index contributed by atoms with van der Waals surface area (Å²) >= 11 is 11.4. The summed E-state index contributed by atoms with van der Waals surface area (Å²) in [5.41, 5.74) is 4.08. The molecule has 2 nitrogen and oxygen atoms in total. The van der Waals surface area contributed by atoms with Crippen molar-refractivity contribution in [3.63, 3.8) is 0 Å². The van der Waals surface area contributed by atoms with Gasteiger partial charge in [-0.15, -0.1) is 0 Å². The van der Waals surface area contributed by atoms with E-state index in [1.165, 1.54) is 5.56 Å². The van der Waals surface area contributed by atoms with E-state index in [-0.39, 0.29) is 0 Å². The van der Waals surface area contributed by atoms with Gasteiger partial charge in [-0.05, 0) is 55.9 Å². The van der Waals surface area contributed by atoms with Gasteiger partial charge in [0.25, 0.3) is 0 Å². The van der Waals surface area contributed by atoms with Crippen LogP contribution in [0.1, 0.15) is 11.1 Å². The van der Waals surface area contributed by atoms with E-state index in [9.17, 15) is 0 Å². The molecule has 2 rings (SSSR count). The SMILES string of the molecule is Cc1ccc(NC(=S)Nc2cccc(Cl)c2C)cc1. The Hall–Kier alpha value is -1.58. The first kappa shape index (κ1) is 13.8. The van der Waals surface area contributed by atoms with Crippen LogP contribution in [0.3, 0.4) is 0 Å². The molecule has 2 aromatic carbocycles. The standard InChI is InChI=1S/C15H15ClN2S/c1-10-6-8-12(9-7-10)17-15(19)18-14-5-3-4-13(16)11(14)2/h3-9H,1-2H3,(H2,17,18,19). The summed E-state index contributed by atoms with van der Waals surface area (Å²) in [4.78, 5) is 0. The van der Waals surface area contributed by atoms with Gasteiger partial charge in [-0.1, -0.05) is 35.4 Å². The van der Waals surface area contributed by atoms with E-state index in [1.807, 2.05) is 49.4 Å². The summed E-state index contributed by atoms with van der Waals surface area (Å²) in [5, 5.41) is 7.57. The molecule has 0 fully saturated rings. The quantitative estimate of drug-likeness (QED) is 0.779. The molecule has 0 aliphatic carbocycles. The van der Waals surface area contributed by atoms with Crippen LogP contribution in [0.5, 0.6) is 0 Å². The van der Waals surface area contributed by atoms with E-state index < -0.39 is 0 Å². The van der Waals surface area contributed by atoms with E-state index in [4.69, 9.17) is 23.8 Å². The Morgan fingerprint density at radius 3 is 2.37 bits per heavy atom. The van der Waals surface area contributed by atoms with Gasteiger partial charge in [-0.2, -0.15) is 0 Å². The zero-order chi connectivity index (χ0) is 13.8.